The molecule has 1 unspecified atom stereocenters. The van der Waals surface area contributed by atoms with Crippen LogP contribution < -0.4 is 10.5 Å². The lowest BCUT2D eigenvalue weighted by molar-refractivity contribution is 0.251. The number of aromatic nitrogens is 1. The molecule has 1 heterocycles. The third kappa shape index (κ3) is 3.64. The number of rotatable bonds is 5. The van der Waals surface area contributed by atoms with Gasteiger partial charge in [0, 0.05) is 6.07 Å². The fourth-order valence-corrected chi connectivity index (χ4v) is 1.33. The molecule has 1 aromatic heterocycles. The summed E-state index contributed by atoms with van der Waals surface area (Å²) in [4.78, 5) is 3.96. The Morgan fingerprint density at radius 3 is 2.93 bits per heavy atom. The quantitative estimate of drug-likeness (QED) is 0.783. The molecule has 0 amide bonds. The summed E-state index contributed by atoms with van der Waals surface area (Å²) < 4.78 is 5.56. The third-order valence-corrected chi connectivity index (χ3v) is 2.05. The van der Waals surface area contributed by atoms with E-state index in [1.54, 1.807) is 18.5 Å². The van der Waals surface area contributed by atoms with Crippen molar-refractivity contribution in [3.05, 3.63) is 18.5 Å². The van der Waals surface area contributed by atoms with Crippen LogP contribution in [0.2, 0.25) is 0 Å². The van der Waals surface area contributed by atoms with Crippen molar-refractivity contribution in [3.63, 3.8) is 0 Å². The van der Waals surface area contributed by atoms with Gasteiger partial charge in [-0.3, -0.25) is 4.98 Å². The highest BCUT2D eigenvalue weighted by Crippen LogP contribution is 2.14. The van der Waals surface area contributed by atoms with Gasteiger partial charge in [-0.1, -0.05) is 20.3 Å². The lowest BCUT2D eigenvalue weighted by atomic mass is 10.1. The van der Waals surface area contributed by atoms with Crippen LogP contribution in [0.3, 0.4) is 0 Å². The first kappa shape index (κ1) is 10.8. The SMILES string of the molecule is CCCC(C)COc1cncc(N)c1. The molecule has 0 bridgehead atoms. The Morgan fingerprint density at radius 1 is 1.50 bits per heavy atom. The van der Waals surface area contributed by atoms with E-state index in [0.29, 0.717) is 11.6 Å². The molecular formula is C11H18N2O. The largest absolute Gasteiger partial charge is 0.492 e. The Labute approximate surface area is 85.3 Å². The van der Waals surface area contributed by atoms with Gasteiger partial charge in [-0.25, -0.2) is 0 Å². The zero-order valence-electron chi connectivity index (χ0n) is 8.86. The Kier molecular flexibility index (Phi) is 4.23. The number of pyridine rings is 1. The molecule has 1 atom stereocenters. The number of ether oxygens (including phenoxy) is 1. The fourth-order valence-electron chi connectivity index (χ4n) is 1.33. The Hall–Kier alpha value is -1.25. The van der Waals surface area contributed by atoms with E-state index >= 15 is 0 Å². The number of nitrogens with zero attached hydrogens (tertiary/aromatic N) is 1. The van der Waals surface area contributed by atoms with Gasteiger partial charge in [-0.2, -0.15) is 0 Å². The van der Waals surface area contributed by atoms with Crippen molar-refractivity contribution in [2.45, 2.75) is 26.7 Å². The molecule has 0 fully saturated rings. The zero-order chi connectivity index (χ0) is 10.4. The average molecular weight is 194 g/mol. The monoisotopic (exact) mass is 194 g/mol. The molecule has 0 aromatic carbocycles. The van der Waals surface area contributed by atoms with E-state index in [1.165, 1.54) is 12.8 Å². The van der Waals surface area contributed by atoms with Crippen LogP contribution in [0.25, 0.3) is 0 Å². The van der Waals surface area contributed by atoms with Crippen molar-refractivity contribution < 1.29 is 4.74 Å². The van der Waals surface area contributed by atoms with Gasteiger partial charge in [0.2, 0.25) is 0 Å². The predicted octanol–water partition coefficient (Wildman–Crippen LogP) is 2.48. The minimum absolute atomic E-state index is 0.585. The molecular weight excluding hydrogens is 176 g/mol. The Bertz CT molecular complexity index is 276. The van der Waals surface area contributed by atoms with Crippen molar-refractivity contribution in [1.82, 2.24) is 4.98 Å². The molecule has 0 aliphatic rings. The lowest BCUT2D eigenvalue weighted by Gasteiger charge is -2.11. The standard InChI is InChI=1S/C11H18N2O/c1-3-4-9(2)8-14-11-5-10(12)6-13-7-11/h5-7,9H,3-4,8,12H2,1-2H3. The zero-order valence-corrected chi connectivity index (χ0v) is 8.86. The summed E-state index contributed by atoms with van der Waals surface area (Å²) in [5.41, 5.74) is 6.23. The molecule has 1 rings (SSSR count). The normalized spacial score (nSPS) is 12.4. The number of anilines is 1. The summed E-state index contributed by atoms with van der Waals surface area (Å²) in [5.74, 6) is 1.34. The maximum atomic E-state index is 5.58. The lowest BCUT2D eigenvalue weighted by Crippen LogP contribution is -2.08. The summed E-state index contributed by atoms with van der Waals surface area (Å²) in [6, 6.07) is 1.80. The number of hydrogen-bond donors (Lipinski definition) is 1. The van der Waals surface area contributed by atoms with Crippen LogP contribution in [-0.2, 0) is 0 Å². The summed E-state index contributed by atoms with van der Waals surface area (Å²) >= 11 is 0. The molecule has 0 aliphatic carbocycles. The summed E-state index contributed by atoms with van der Waals surface area (Å²) in [6.07, 6.45) is 5.69. The van der Waals surface area contributed by atoms with Crippen molar-refractivity contribution in [1.29, 1.82) is 0 Å². The maximum Gasteiger partial charge on any atom is 0.139 e. The summed E-state index contributed by atoms with van der Waals surface area (Å²) in [5, 5.41) is 0. The number of hydrogen-bond acceptors (Lipinski definition) is 3. The third-order valence-electron chi connectivity index (χ3n) is 2.05. The van der Waals surface area contributed by atoms with Crippen LogP contribution in [0, 0.1) is 5.92 Å². The van der Waals surface area contributed by atoms with Crippen LogP contribution in [0.4, 0.5) is 5.69 Å². The van der Waals surface area contributed by atoms with Gasteiger partial charge in [0.1, 0.15) is 5.75 Å². The van der Waals surface area contributed by atoms with Crippen molar-refractivity contribution in [2.24, 2.45) is 5.92 Å². The van der Waals surface area contributed by atoms with Crippen LogP contribution in [0.5, 0.6) is 5.75 Å². The van der Waals surface area contributed by atoms with E-state index in [-0.39, 0.29) is 0 Å². The number of nitrogens with two attached hydrogens (primary N) is 1. The molecule has 0 radical (unpaired) electrons. The molecule has 0 saturated carbocycles. The van der Waals surface area contributed by atoms with E-state index in [9.17, 15) is 0 Å². The average Bonchev–Trinajstić information content (AvgIpc) is 2.15. The first-order valence-electron chi connectivity index (χ1n) is 5.05. The maximum absolute atomic E-state index is 5.58. The molecule has 3 nitrogen and oxygen atoms in total. The van der Waals surface area contributed by atoms with Crippen molar-refractivity contribution >= 4 is 5.69 Å². The van der Waals surface area contributed by atoms with E-state index in [1.807, 2.05) is 0 Å². The van der Waals surface area contributed by atoms with Crippen LogP contribution in [-0.4, -0.2) is 11.6 Å². The van der Waals surface area contributed by atoms with Crippen molar-refractivity contribution in [2.75, 3.05) is 12.3 Å². The van der Waals surface area contributed by atoms with Gasteiger partial charge in [0.05, 0.1) is 24.7 Å². The van der Waals surface area contributed by atoms with Gasteiger partial charge < -0.3 is 10.5 Å². The molecule has 0 saturated heterocycles. The van der Waals surface area contributed by atoms with Gasteiger partial charge in [-0.15, -0.1) is 0 Å². The highest BCUT2D eigenvalue weighted by Gasteiger charge is 2.02. The molecule has 14 heavy (non-hydrogen) atoms. The van der Waals surface area contributed by atoms with Gasteiger partial charge in [0.25, 0.3) is 0 Å². The molecule has 1 aromatic rings. The highest BCUT2D eigenvalue weighted by molar-refractivity contribution is 5.39. The topological polar surface area (TPSA) is 48.1 Å². The first-order valence-corrected chi connectivity index (χ1v) is 5.05. The van der Waals surface area contributed by atoms with E-state index in [2.05, 4.69) is 18.8 Å². The second-order valence-corrected chi connectivity index (χ2v) is 3.66. The minimum atomic E-state index is 0.585. The second kappa shape index (κ2) is 5.47. The van der Waals surface area contributed by atoms with E-state index in [4.69, 9.17) is 10.5 Å². The Morgan fingerprint density at radius 2 is 2.29 bits per heavy atom. The van der Waals surface area contributed by atoms with E-state index < -0.39 is 0 Å². The van der Waals surface area contributed by atoms with E-state index in [0.717, 1.165) is 12.4 Å². The summed E-state index contributed by atoms with van der Waals surface area (Å²) in [6.45, 7) is 5.10. The second-order valence-electron chi connectivity index (χ2n) is 3.66. The number of nitrogen functional groups attached to an aromatic ring is 1. The molecule has 0 spiro atoms. The van der Waals surface area contributed by atoms with Gasteiger partial charge in [-0.05, 0) is 12.3 Å². The smallest absolute Gasteiger partial charge is 0.139 e. The van der Waals surface area contributed by atoms with Crippen LogP contribution in [0.1, 0.15) is 26.7 Å². The van der Waals surface area contributed by atoms with Gasteiger partial charge >= 0.3 is 0 Å². The Balaban J connectivity index is 2.37. The molecule has 0 aliphatic heterocycles. The predicted molar refractivity (Wildman–Crippen MR) is 58.2 cm³/mol. The first-order chi connectivity index (χ1) is 6.72. The van der Waals surface area contributed by atoms with Crippen LogP contribution in [0.15, 0.2) is 18.5 Å². The van der Waals surface area contributed by atoms with Gasteiger partial charge in [0.15, 0.2) is 0 Å². The highest BCUT2D eigenvalue weighted by atomic mass is 16.5. The fraction of sp³-hybridized carbons (Fsp3) is 0.545. The molecule has 2 N–H and O–H groups in total. The minimum Gasteiger partial charge on any atom is -0.492 e. The van der Waals surface area contributed by atoms with Crippen LogP contribution >= 0.6 is 0 Å². The van der Waals surface area contributed by atoms with Crippen molar-refractivity contribution in [3.8, 4) is 5.75 Å². The molecule has 3 heteroatoms. The summed E-state index contributed by atoms with van der Waals surface area (Å²) in [7, 11) is 0. The molecule has 78 valence electrons.